The van der Waals surface area contributed by atoms with Gasteiger partial charge in [-0.1, -0.05) is 52.0 Å². The molecule has 0 spiro atoms. The predicted octanol–water partition coefficient (Wildman–Crippen LogP) is 9.76. The van der Waals surface area contributed by atoms with E-state index >= 15 is 0 Å². The number of cyclic esters (lactones) is 2. The lowest BCUT2D eigenvalue weighted by Crippen LogP contribution is -2.56. The Morgan fingerprint density at radius 2 is 0.824 bits per heavy atom. The minimum absolute atomic E-state index is 0.167. The minimum atomic E-state index is -1.44. The summed E-state index contributed by atoms with van der Waals surface area (Å²) >= 11 is 0. The van der Waals surface area contributed by atoms with E-state index < -0.39 is 101 Å². The number of carbonyl (C=O) groups excluding carboxylic acids is 6. The van der Waals surface area contributed by atoms with E-state index in [0.29, 0.717) is 48.4 Å². The zero-order chi connectivity index (χ0) is 57.1. The maximum atomic E-state index is 13.4. The molecule has 0 aromatic heterocycles. The summed E-state index contributed by atoms with van der Waals surface area (Å²) in [5.41, 5.74) is -2.08. The number of amides is 4. The van der Waals surface area contributed by atoms with Crippen LogP contribution in [0.5, 0.6) is 0 Å². The van der Waals surface area contributed by atoms with Crippen molar-refractivity contribution < 1.29 is 85.6 Å². The Kier molecular flexibility index (Phi) is 27.8. The van der Waals surface area contributed by atoms with Crippen LogP contribution in [0.4, 0.5) is 19.2 Å². The van der Waals surface area contributed by atoms with Gasteiger partial charge in [-0.3, -0.25) is 0 Å². The van der Waals surface area contributed by atoms with Crippen LogP contribution in [0, 0.1) is 11.8 Å². The molecule has 0 aliphatic carbocycles. The number of rotatable bonds is 14. The fourth-order valence-corrected chi connectivity index (χ4v) is 6.73. The molecule has 2 aliphatic rings. The Hall–Kier alpha value is -4.34. The van der Waals surface area contributed by atoms with Crippen molar-refractivity contribution in [2.75, 3.05) is 52.9 Å². The van der Waals surface area contributed by atoms with E-state index in [9.17, 15) is 28.8 Å². The number of ether oxygens (including phenoxy) is 12. The second-order valence-corrected chi connectivity index (χ2v) is 23.7. The molecule has 0 bridgehead atoms. The summed E-state index contributed by atoms with van der Waals surface area (Å²) in [7, 11) is 0. The van der Waals surface area contributed by atoms with Crippen LogP contribution >= 0.6 is 0 Å². The van der Waals surface area contributed by atoms with Crippen molar-refractivity contribution in [1.82, 2.24) is 9.80 Å². The highest BCUT2D eigenvalue weighted by molar-refractivity contribution is 5.95. The van der Waals surface area contributed by atoms with Gasteiger partial charge in [0.15, 0.2) is 12.1 Å². The molecular weight excluding hydrogens is 965 g/mol. The summed E-state index contributed by atoms with van der Waals surface area (Å²) in [5, 5.41) is 0. The van der Waals surface area contributed by atoms with Gasteiger partial charge in [0.2, 0.25) is 0 Å². The summed E-state index contributed by atoms with van der Waals surface area (Å²) in [6.07, 6.45) is -6.84. The Morgan fingerprint density at radius 3 is 1.14 bits per heavy atom. The Balaban J connectivity index is 0.000000740. The van der Waals surface area contributed by atoms with Gasteiger partial charge in [-0.2, -0.15) is 9.80 Å². The second-order valence-electron chi connectivity index (χ2n) is 23.7. The number of nitrogens with zero attached hydrogens (tertiary/aromatic N) is 2. The van der Waals surface area contributed by atoms with Crippen molar-refractivity contribution in [2.24, 2.45) is 11.8 Å². The molecule has 74 heavy (non-hydrogen) atoms. The first-order chi connectivity index (χ1) is 33.8. The molecule has 2 rings (SSSR count). The number of hydrogen-bond donors (Lipinski definition) is 0. The van der Waals surface area contributed by atoms with E-state index in [-0.39, 0.29) is 45.1 Å². The fraction of sp³-hybridized carbons (Fsp3) is 0.815. The molecule has 20 heteroatoms. The third-order valence-electron chi connectivity index (χ3n) is 9.77. The quantitative estimate of drug-likeness (QED) is 0.0897. The van der Waals surface area contributed by atoms with E-state index in [0.717, 1.165) is 11.1 Å². The highest BCUT2D eigenvalue weighted by atomic mass is 16.6. The van der Waals surface area contributed by atoms with Gasteiger partial charge in [0.05, 0.1) is 38.6 Å². The second kappa shape index (κ2) is 30.4. The predicted molar refractivity (Wildman–Crippen MR) is 276 cm³/mol. The zero-order valence-corrected chi connectivity index (χ0v) is 48.5. The third kappa shape index (κ3) is 26.9. The molecule has 0 N–H and O–H groups in total. The average molecular weight is 1060 g/mol. The van der Waals surface area contributed by atoms with Crippen LogP contribution < -0.4 is 0 Å². The van der Waals surface area contributed by atoms with Crippen LogP contribution in [0.2, 0.25) is 0 Å². The van der Waals surface area contributed by atoms with E-state index in [1.165, 1.54) is 0 Å². The Bertz CT molecular complexity index is 1770. The fourth-order valence-electron chi connectivity index (χ4n) is 6.73. The molecule has 0 saturated carbocycles. The molecule has 0 unspecified atom stereocenters. The molecule has 2 aliphatic heterocycles. The third-order valence-corrected chi connectivity index (χ3v) is 9.77. The standard InChI is InChI=1S/C27H49NO9.C27H45NO9/c2*1-17(2)14-33-21-12-13-32-16-20(23(29)35-19(5)22(21)34-15-18(3)4)28(24(30)36-26(6,7)8)25(31)37-27(9,10)11/h17-22H,12-16H2,1-11H3;19-22H,1,3,12-16H2,2,4-11H3/t2*19-,20-,21-,22-/m00/s1. The molecule has 428 valence electrons. The van der Waals surface area contributed by atoms with Crippen molar-refractivity contribution in [3.8, 4) is 0 Å². The smallest absolute Gasteiger partial charge is 0.420 e. The molecule has 2 heterocycles. The van der Waals surface area contributed by atoms with Gasteiger partial charge in [-0.25, -0.2) is 28.8 Å². The lowest BCUT2D eigenvalue weighted by molar-refractivity contribution is -0.181. The zero-order valence-electron chi connectivity index (χ0n) is 48.5. The van der Waals surface area contributed by atoms with Crippen LogP contribution in [0.1, 0.15) is 151 Å². The van der Waals surface area contributed by atoms with E-state index in [4.69, 9.17) is 56.8 Å². The number of hydrogen-bond acceptors (Lipinski definition) is 18. The minimum Gasteiger partial charge on any atom is -0.458 e. The normalized spacial score (nSPS) is 23.7. The van der Waals surface area contributed by atoms with Crippen LogP contribution in [0.3, 0.4) is 0 Å². The highest BCUT2D eigenvalue weighted by Gasteiger charge is 2.46. The first-order valence-corrected chi connectivity index (χ1v) is 25.6. The van der Waals surface area contributed by atoms with Crippen LogP contribution in [0.25, 0.3) is 0 Å². The summed E-state index contributed by atoms with van der Waals surface area (Å²) in [4.78, 5) is 80.5. The molecule has 4 amide bonds. The topological polar surface area (TPSA) is 220 Å². The van der Waals surface area contributed by atoms with Crippen LogP contribution in [-0.2, 0) is 66.4 Å². The molecule has 20 nitrogen and oxygen atoms in total. The largest absolute Gasteiger partial charge is 0.458 e. The van der Waals surface area contributed by atoms with Crippen molar-refractivity contribution in [3.63, 3.8) is 0 Å². The average Bonchev–Trinajstić information content (AvgIpc) is 3.19. The molecular formula is C54H94N2O18. The van der Waals surface area contributed by atoms with Gasteiger partial charge in [-0.05, 0) is 135 Å². The van der Waals surface area contributed by atoms with Gasteiger partial charge >= 0.3 is 36.3 Å². The summed E-state index contributed by atoms with van der Waals surface area (Å²) in [6.45, 7) is 44.1. The summed E-state index contributed by atoms with van der Waals surface area (Å²) < 4.78 is 69.0. The lowest BCUT2D eigenvalue weighted by Gasteiger charge is -2.36. The van der Waals surface area contributed by atoms with Crippen LogP contribution in [0.15, 0.2) is 24.3 Å². The van der Waals surface area contributed by atoms with Crippen molar-refractivity contribution in [1.29, 1.82) is 0 Å². The maximum absolute atomic E-state index is 13.4. The van der Waals surface area contributed by atoms with Gasteiger partial charge in [-0.15, -0.1) is 0 Å². The first-order valence-electron chi connectivity index (χ1n) is 25.6. The van der Waals surface area contributed by atoms with E-state index in [2.05, 4.69) is 27.0 Å². The van der Waals surface area contributed by atoms with Gasteiger partial charge < -0.3 is 56.8 Å². The molecule has 0 radical (unpaired) electrons. The first kappa shape index (κ1) is 67.7. The highest BCUT2D eigenvalue weighted by Crippen LogP contribution is 2.26. The number of esters is 2. The molecule has 2 saturated heterocycles. The van der Waals surface area contributed by atoms with E-state index in [1.807, 2.05) is 27.7 Å². The summed E-state index contributed by atoms with van der Waals surface area (Å²) in [6, 6.07) is -2.85. The molecule has 8 atom stereocenters. The molecule has 2 fully saturated rings. The maximum Gasteiger partial charge on any atom is 0.420 e. The molecule has 0 aromatic rings. The van der Waals surface area contributed by atoms with Crippen LogP contribution in [-0.4, -0.2) is 170 Å². The lowest BCUT2D eigenvalue weighted by atomic mass is 10.0. The van der Waals surface area contributed by atoms with E-state index in [1.54, 1.807) is 96.9 Å². The van der Waals surface area contributed by atoms with Gasteiger partial charge in [0.25, 0.3) is 0 Å². The summed E-state index contributed by atoms with van der Waals surface area (Å²) in [5.74, 6) is -1.14. The van der Waals surface area contributed by atoms with Gasteiger partial charge in [0, 0.05) is 26.4 Å². The van der Waals surface area contributed by atoms with Crippen molar-refractivity contribution in [3.05, 3.63) is 24.3 Å². The van der Waals surface area contributed by atoms with Crippen molar-refractivity contribution >= 4 is 36.3 Å². The van der Waals surface area contributed by atoms with Crippen molar-refractivity contribution in [2.45, 2.75) is 222 Å². The number of carbonyl (C=O) groups is 6. The Morgan fingerprint density at radius 1 is 0.527 bits per heavy atom. The molecule has 0 aromatic carbocycles. The monoisotopic (exact) mass is 1060 g/mol. The number of imide groups is 2. The SMILES string of the molecule is C=C(C)CO[C@H]1[C@H](C)OC(=O)[C@@H](N(C(=O)OC(C)(C)C)C(=O)OC(C)(C)C)COCC[C@@H]1OCC(=C)C.CC(C)CO[C@H]1[C@H](C)OC(=O)[C@@H](N(C(=O)OC(C)(C)C)C(=O)OC(C)(C)C)COCC[C@@H]1OCC(C)C. The Labute approximate surface area is 442 Å². The van der Waals surface area contributed by atoms with Gasteiger partial charge in [0.1, 0.15) is 46.8 Å².